The maximum atomic E-state index is 13.3. The van der Waals surface area contributed by atoms with Crippen molar-refractivity contribution in [3.05, 3.63) is 76.5 Å². The van der Waals surface area contributed by atoms with Gasteiger partial charge in [0.15, 0.2) is 0 Å². The van der Waals surface area contributed by atoms with Gasteiger partial charge in [0.1, 0.15) is 11.2 Å². The number of amides is 2. The number of rotatable bonds is 3. The van der Waals surface area contributed by atoms with Gasteiger partial charge in [-0.15, -0.1) is 0 Å². The lowest BCUT2D eigenvalue weighted by atomic mass is 9.71. The molecule has 0 saturated heterocycles. The van der Waals surface area contributed by atoms with E-state index in [1.807, 2.05) is 19.1 Å². The number of nitrogens with one attached hydrogen (secondary N) is 2. The number of hydrogen-bond donors (Lipinski definition) is 2. The molecule has 2 aromatic carbocycles. The summed E-state index contributed by atoms with van der Waals surface area (Å²) in [6, 6.07) is 14.3. The highest BCUT2D eigenvalue weighted by Crippen LogP contribution is 2.50. The van der Waals surface area contributed by atoms with Gasteiger partial charge >= 0.3 is 0 Å². The van der Waals surface area contributed by atoms with Gasteiger partial charge in [-0.3, -0.25) is 9.59 Å². The Morgan fingerprint density at radius 3 is 2.57 bits per heavy atom. The van der Waals surface area contributed by atoms with Gasteiger partial charge in [-0.2, -0.15) is 5.10 Å². The molecule has 152 valence electrons. The van der Waals surface area contributed by atoms with Crippen LogP contribution < -0.4 is 10.6 Å². The van der Waals surface area contributed by atoms with E-state index < -0.39 is 5.41 Å². The third-order valence-electron chi connectivity index (χ3n) is 6.24. The predicted molar refractivity (Wildman–Crippen MR) is 116 cm³/mol. The molecule has 0 bridgehead atoms. The van der Waals surface area contributed by atoms with Crippen molar-refractivity contribution in [3.8, 4) is 0 Å². The molecule has 2 aliphatic heterocycles. The van der Waals surface area contributed by atoms with Crippen LogP contribution in [-0.2, 0) is 21.5 Å². The molecule has 6 nitrogen and oxygen atoms in total. The molecule has 30 heavy (non-hydrogen) atoms. The van der Waals surface area contributed by atoms with Crippen molar-refractivity contribution in [2.45, 2.75) is 45.1 Å². The molecular weight excluding hydrogens is 376 g/mol. The fourth-order valence-corrected chi connectivity index (χ4v) is 4.51. The summed E-state index contributed by atoms with van der Waals surface area (Å²) in [5, 5.41) is 10.5. The van der Waals surface area contributed by atoms with Crippen LogP contribution in [-0.4, -0.2) is 21.6 Å². The second-order valence-corrected chi connectivity index (χ2v) is 8.59. The summed E-state index contributed by atoms with van der Waals surface area (Å²) in [5.41, 5.74) is 4.77. The fraction of sp³-hybridized carbons (Fsp3) is 0.292. The van der Waals surface area contributed by atoms with Crippen molar-refractivity contribution < 1.29 is 9.59 Å². The molecule has 0 saturated carbocycles. The van der Waals surface area contributed by atoms with Crippen LogP contribution in [0.2, 0.25) is 0 Å². The first kappa shape index (κ1) is 18.6. The Morgan fingerprint density at radius 1 is 1.07 bits per heavy atom. The minimum atomic E-state index is -1.04. The van der Waals surface area contributed by atoms with E-state index in [0.29, 0.717) is 18.3 Å². The Balaban J connectivity index is 1.64. The number of fused-ring (bicyclic) bond motifs is 4. The Morgan fingerprint density at radius 2 is 1.83 bits per heavy atom. The van der Waals surface area contributed by atoms with Crippen LogP contribution >= 0.6 is 0 Å². The number of hydrogen-bond acceptors (Lipinski definition) is 3. The van der Waals surface area contributed by atoms with Gasteiger partial charge in [-0.05, 0) is 35.6 Å². The molecule has 0 radical (unpaired) electrons. The Bertz CT molecular complexity index is 1180. The normalized spacial score (nSPS) is 19.6. The zero-order chi connectivity index (χ0) is 21.0. The second-order valence-electron chi connectivity index (χ2n) is 8.59. The molecule has 1 atom stereocenters. The van der Waals surface area contributed by atoms with Gasteiger partial charge in [-0.25, -0.2) is 4.68 Å². The van der Waals surface area contributed by atoms with E-state index in [2.05, 4.69) is 59.9 Å². The molecule has 2 aliphatic rings. The van der Waals surface area contributed by atoms with Crippen molar-refractivity contribution in [1.29, 1.82) is 0 Å². The second kappa shape index (κ2) is 6.55. The van der Waals surface area contributed by atoms with E-state index in [9.17, 15) is 9.59 Å². The van der Waals surface area contributed by atoms with Crippen molar-refractivity contribution in [1.82, 2.24) is 9.78 Å². The van der Waals surface area contributed by atoms with Gasteiger partial charge in [0.2, 0.25) is 11.8 Å². The van der Waals surface area contributed by atoms with E-state index in [1.165, 1.54) is 5.56 Å². The van der Waals surface area contributed by atoms with E-state index in [1.54, 1.807) is 10.9 Å². The largest absolute Gasteiger partial charge is 0.325 e. The van der Waals surface area contributed by atoms with Crippen LogP contribution in [0.3, 0.4) is 0 Å². The van der Waals surface area contributed by atoms with Crippen molar-refractivity contribution in [3.63, 3.8) is 0 Å². The molecule has 3 aromatic rings. The van der Waals surface area contributed by atoms with E-state index in [4.69, 9.17) is 0 Å². The van der Waals surface area contributed by atoms with Crippen LogP contribution in [0.15, 0.2) is 48.7 Å². The summed E-state index contributed by atoms with van der Waals surface area (Å²) >= 11 is 0. The first-order valence-corrected chi connectivity index (χ1v) is 10.3. The van der Waals surface area contributed by atoms with E-state index in [0.717, 1.165) is 27.9 Å². The van der Waals surface area contributed by atoms with Gasteiger partial charge < -0.3 is 10.6 Å². The van der Waals surface area contributed by atoms with Gasteiger partial charge in [0.25, 0.3) is 0 Å². The first-order valence-electron chi connectivity index (χ1n) is 10.3. The summed E-state index contributed by atoms with van der Waals surface area (Å²) in [5.74, 6) is 0.587. The van der Waals surface area contributed by atoms with Crippen LogP contribution in [0.4, 0.5) is 11.5 Å². The Hall–Kier alpha value is -3.41. The molecule has 2 amide bonds. The molecule has 6 heteroatoms. The van der Waals surface area contributed by atoms with Gasteiger partial charge in [0, 0.05) is 17.7 Å². The number of carbonyl (C=O) groups is 2. The molecular formula is C24H24N4O2. The average molecular weight is 400 g/mol. The molecule has 0 unspecified atom stereocenters. The molecule has 3 heterocycles. The predicted octanol–water partition coefficient (Wildman–Crippen LogP) is 3.94. The average Bonchev–Trinajstić information content (AvgIpc) is 3.23. The van der Waals surface area contributed by atoms with Crippen LogP contribution in [0.25, 0.3) is 0 Å². The van der Waals surface area contributed by atoms with Gasteiger partial charge in [-0.1, -0.05) is 55.8 Å². The summed E-state index contributed by atoms with van der Waals surface area (Å²) in [4.78, 5) is 26.1. The lowest BCUT2D eigenvalue weighted by Gasteiger charge is -2.32. The Kier molecular flexibility index (Phi) is 4.07. The number of aryl methyl sites for hydroxylation is 1. The molecule has 1 aromatic heterocycles. The maximum absolute atomic E-state index is 13.3. The molecule has 0 aliphatic carbocycles. The summed E-state index contributed by atoms with van der Waals surface area (Å²) < 4.78 is 1.77. The third-order valence-corrected chi connectivity index (χ3v) is 6.24. The standard InChI is InChI=1S/C24H24N4O2/c1-14(2)17-8-9-20-18(10-17)24(23(30)26-20)11-21(29)27-22-19(24)12-25-28(22)13-16-6-4-15(3)5-7-16/h4-10,12,14H,11,13H2,1-3H3,(H,26,30)(H,27,29)/t24-/m1/s1. The summed E-state index contributed by atoms with van der Waals surface area (Å²) in [7, 11) is 0. The van der Waals surface area contributed by atoms with E-state index in [-0.39, 0.29) is 18.2 Å². The van der Waals surface area contributed by atoms with E-state index >= 15 is 0 Å². The number of carbonyl (C=O) groups excluding carboxylic acids is 2. The topological polar surface area (TPSA) is 76.0 Å². The lowest BCUT2D eigenvalue weighted by Crippen LogP contribution is -2.43. The maximum Gasteiger partial charge on any atom is 0.240 e. The minimum absolute atomic E-state index is 0.0800. The number of benzene rings is 2. The number of aromatic nitrogens is 2. The number of nitrogens with zero attached hydrogens (tertiary/aromatic N) is 2. The Labute approximate surface area is 175 Å². The molecule has 5 rings (SSSR count). The number of anilines is 2. The molecule has 1 spiro atoms. The SMILES string of the molecule is Cc1ccc(Cn2ncc3c2NC(=O)C[C@]32C(=O)Nc3ccc(C(C)C)cc32)cc1. The minimum Gasteiger partial charge on any atom is -0.325 e. The van der Waals surface area contributed by atoms with Gasteiger partial charge in [0.05, 0.1) is 12.7 Å². The highest BCUT2D eigenvalue weighted by molar-refractivity contribution is 6.14. The molecule has 2 N–H and O–H groups in total. The van der Waals surface area contributed by atoms with Crippen molar-refractivity contribution >= 4 is 23.3 Å². The smallest absolute Gasteiger partial charge is 0.240 e. The van der Waals surface area contributed by atoms with Crippen LogP contribution in [0, 0.1) is 6.92 Å². The monoisotopic (exact) mass is 400 g/mol. The van der Waals surface area contributed by atoms with Crippen molar-refractivity contribution in [2.24, 2.45) is 0 Å². The van der Waals surface area contributed by atoms with Crippen LogP contribution in [0.1, 0.15) is 54.0 Å². The van der Waals surface area contributed by atoms with Crippen molar-refractivity contribution in [2.75, 3.05) is 10.6 Å². The zero-order valence-electron chi connectivity index (χ0n) is 17.3. The fourth-order valence-electron chi connectivity index (χ4n) is 4.51. The summed E-state index contributed by atoms with van der Waals surface area (Å²) in [6.45, 7) is 6.81. The lowest BCUT2D eigenvalue weighted by molar-refractivity contribution is -0.125. The highest BCUT2D eigenvalue weighted by Gasteiger charge is 2.54. The highest BCUT2D eigenvalue weighted by atomic mass is 16.2. The third kappa shape index (κ3) is 2.67. The van der Waals surface area contributed by atoms with Crippen LogP contribution in [0.5, 0.6) is 0 Å². The zero-order valence-corrected chi connectivity index (χ0v) is 17.3. The molecule has 0 fully saturated rings. The quantitative estimate of drug-likeness (QED) is 0.699. The first-order chi connectivity index (χ1) is 14.4. The summed E-state index contributed by atoms with van der Waals surface area (Å²) in [6.07, 6.45) is 1.82.